The molecule has 2 amide bonds. The van der Waals surface area contributed by atoms with Gasteiger partial charge in [0.1, 0.15) is 0 Å². The van der Waals surface area contributed by atoms with Crippen LogP contribution in [0.15, 0.2) is 30.3 Å². The zero-order valence-electron chi connectivity index (χ0n) is 9.62. The molecule has 1 aromatic rings. The lowest BCUT2D eigenvalue weighted by Crippen LogP contribution is -2.38. The van der Waals surface area contributed by atoms with Crippen molar-refractivity contribution >= 4 is 6.03 Å². The average Bonchev–Trinajstić information content (AvgIpc) is 2.30. The number of amides is 2. The molecule has 1 rings (SSSR count). The summed E-state index contributed by atoms with van der Waals surface area (Å²) in [4.78, 5) is 11.0. The monoisotopic (exact) mass is 221 g/mol. The van der Waals surface area contributed by atoms with E-state index < -0.39 is 0 Å². The number of benzene rings is 1. The molecular weight excluding hydrogens is 202 g/mol. The lowest BCUT2D eigenvalue weighted by Gasteiger charge is -2.07. The van der Waals surface area contributed by atoms with Gasteiger partial charge in [-0.15, -0.1) is 0 Å². The highest BCUT2D eigenvalue weighted by molar-refractivity contribution is 5.73. The van der Waals surface area contributed by atoms with Crippen molar-refractivity contribution in [3.05, 3.63) is 35.9 Å². The van der Waals surface area contributed by atoms with Crippen LogP contribution in [-0.2, 0) is 6.54 Å². The van der Waals surface area contributed by atoms with E-state index in [1.54, 1.807) is 0 Å². The van der Waals surface area contributed by atoms with Gasteiger partial charge in [-0.1, -0.05) is 30.3 Å². The summed E-state index contributed by atoms with van der Waals surface area (Å²) < 4.78 is 0. The number of hydrogen-bond acceptors (Lipinski definition) is 2. The van der Waals surface area contributed by atoms with E-state index in [2.05, 4.69) is 28.1 Å². The summed E-state index contributed by atoms with van der Waals surface area (Å²) in [6.07, 6.45) is 0. The maximum absolute atomic E-state index is 11.0. The van der Waals surface area contributed by atoms with Crippen LogP contribution in [-0.4, -0.2) is 25.7 Å². The molecule has 0 saturated carbocycles. The standard InChI is InChI=1S/C12H19N3O/c1-2-14-12(16)15-9-8-13-10-11-6-4-3-5-7-11/h3-7,13H,2,8-10H2,1H3,(H2,14,15,16). The van der Waals surface area contributed by atoms with Crippen molar-refractivity contribution in [3.8, 4) is 0 Å². The molecule has 0 aliphatic heterocycles. The topological polar surface area (TPSA) is 53.2 Å². The van der Waals surface area contributed by atoms with Gasteiger partial charge in [0.2, 0.25) is 0 Å². The Morgan fingerprint density at radius 2 is 1.88 bits per heavy atom. The van der Waals surface area contributed by atoms with Gasteiger partial charge in [0, 0.05) is 26.2 Å². The van der Waals surface area contributed by atoms with Gasteiger partial charge < -0.3 is 16.0 Å². The average molecular weight is 221 g/mol. The molecule has 3 N–H and O–H groups in total. The van der Waals surface area contributed by atoms with Crippen LogP contribution in [0, 0.1) is 0 Å². The summed E-state index contributed by atoms with van der Waals surface area (Å²) in [7, 11) is 0. The molecule has 0 aliphatic carbocycles. The number of carbonyl (C=O) groups excluding carboxylic acids is 1. The van der Waals surface area contributed by atoms with E-state index in [1.165, 1.54) is 5.56 Å². The minimum Gasteiger partial charge on any atom is -0.338 e. The Morgan fingerprint density at radius 1 is 1.12 bits per heavy atom. The normalized spacial score (nSPS) is 9.81. The highest BCUT2D eigenvalue weighted by Crippen LogP contribution is 1.96. The third-order valence-electron chi connectivity index (χ3n) is 2.10. The second kappa shape index (κ2) is 7.70. The third kappa shape index (κ3) is 5.36. The maximum atomic E-state index is 11.0. The Bertz CT molecular complexity index is 300. The smallest absolute Gasteiger partial charge is 0.314 e. The van der Waals surface area contributed by atoms with Crippen LogP contribution < -0.4 is 16.0 Å². The van der Waals surface area contributed by atoms with Crippen molar-refractivity contribution in [2.75, 3.05) is 19.6 Å². The minimum atomic E-state index is -0.107. The minimum absolute atomic E-state index is 0.107. The van der Waals surface area contributed by atoms with E-state index in [4.69, 9.17) is 0 Å². The van der Waals surface area contributed by atoms with Crippen LogP contribution in [0.2, 0.25) is 0 Å². The van der Waals surface area contributed by atoms with Crippen molar-refractivity contribution in [2.45, 2.75) is 13.5 Å². The van der Waals surface area contributed by atoms with Crippen LogP contribution in [0.1, 0.15) is 12.5 Å². The predicted octanol–water partition coefficient (Wildman–Crippen LogP) is 1.10. The molecule has 16 heavy (non-hydrogen) atoms. The molecule has 0 aromatic heterocycles. The first kappa shape index (κ1) is 12.5. The van der Waals surface area contributed by atoms with Gasteiger partial charge in [0.15, 0.2) is 0 Å². The van der Waals surface area contributed by atoms with Crippen LogP contribution in [0.4, 0.5) is 4.79 Å². The lowest BCUT2D eigenvalue weighted by atomic mass is 10.2. The molecule has 0 aliphatic rings. The molecule has 0 bridgehead atoms. The van der Waals surface area contributed by atoms with Gasteiger partial charge in [-0.05, 0) is 12.5 Å². The Hall–Kier alpha value is -1.55. The lowest BCUT2D eigenvalue weighted by molar-refractivity contribution is 0.241. The number of hydrogen-bond donors (Lipinski definition) is 3. The molecule has 0 unspecified atom stereocenters. The molecule has 4 heteroatoms. The molecule has 0 atom stereocenters. The Kier molecular flexibility index (Phi) is 6.03. The van der Waals surface area contributed by atoms with Crippen LogP contribution >= 0.6 is 0 Å². The van der Waals surface area contributed by atoms with Crippen LogP contribution in [0.5, 0.6) is 0 Å². The first-order chi connectivity index (χ1) is 7.83. The SMILES string of the molecule is CCNC(=O)NCCNCc1ccccc1. The molecule has 0 fully saturated rings. The molecule has 0 spiro atoms. The number of carbonyl (C=O) groups is 1. The number of urea groups is 1. The summed E-state index contributed by atoms with van der Waals surface area (Å²) >= 11 is 0. The number of nitrogens with one attached hydrogen (secondary N) is 3. The van der Waals surface area contributed by atoms with E-state index in [-0.39, 0.29) is 6.03 Å². The second-order valence-corrected chi connectivity index (χ2v) is 3.45. The highest BCUT2D eigenvalue weighted by atomic mass is 16.2. The van der Waals surface area contributed by atoms with Crippen molar-refractivity contribution < 1.29 is 4.79 Å². The number of rotatable bonds is 6. The zero-order valence-corrected chi connectivity index (χ0v) is 9.62. The van der Waals surface area contributed by atoms with Crippen LogP contribution in [0.25, 0.3) is 0 Å². The van der Waals surface area contributed by atoms with Gasteiger partial charge >= 0.3 is 6.03 Å². The fourth-order valence-electron chi connectivity index (χ4n) is 1.32. The molecule has 0 saturated heterocycles. The van der Waals surface area contributed by atoms with E-state index in [0.717, 1.165) is 13.1 Å². The largest absolute Gasteiger partial charge is 0.338 e. The maximum Gasteiger partial charge on any atom is 0.314 e. The van der Waals surface area contributed by atoms with E-state index >= 15 is 0 Å². The Balaban J connectivity index is 2.02. The quantitative estimate of drug-likeness (QED) is 0.630. The van der Waals surface area contributed by atoms with E-state index in [1.807, 2.05) is 25.1 Å². The Labute approximate surface area is 96.4 Å². The molecule has 1 aromatic carbocycles. The fourth-order valence-corrected chi connectivity index (χ4v) is 1.32. The molecule has 0 heterocycles. The molecule has 88 valence electrons. The highest BCUT2D eigenvalue weighted by Gasteiger charge is 1.95. The van der Waals surface area contributed by atoms with Crippen molar-refractivity contribution in [1.82, 2.24) is 16.0 Å². The third-order valence-corrected chi connectivity index (χ3v) is 2.10. The molecular formula is C12H19N3O. The summed E-state index contributed by atoms with van der Waals surface area (Å²) in [5.41, 5.74) is 1.25. The van der Waals surface area contributed by atoms with E-state index in [9.17, 15) is 4.79 Å². The summed E-state index contributed by atoms with van der Waals surface area (Å²) in [6.45, 7) is 4.79. The van der Waals surface area contributed by atoms with Gasteiger partial charge in [-0.25, -0.2) is 4.79 Å². The first-order valence-corrected chi connectivity index (χ1v) is 5.59. The van der Waals surface area contributed by atoms with Crippen molar-refractivity contribution in [2.24, 2.45) is 0 Å². The van der Waals surface area contributed by atoms with Crippen molar-refractivity contribution in [1.29, 1.82) is 0 Å². The fraction of sp³-hybridized carbons (Fsp3) is 0.417. The zero-order chi connectivity index (χ0) is 11.6. The summed E-state index contributed by atoms with van der Waals surface area (Å²) in [6, 6.07) is 10.1. The van der Waals surface area contributed by atoms with E-state index in [0.29, 0.717) is 13.1 Å². The van der Waals surface area contributed by atoms with Gasteiger partial charge in [0.25, 0.3) is 0 Å². The summed E-state index contributed by atoms with van der Waals surface area (Å²) in [5, 5.41) is 8.69. The van der Waals surface area contributed by atoms with Gasteiger partial charge in [-0.3, -0.25) is 0 Å². The second-order valence-electron chi connectivity index (χ2n) is 3.45. The van der Waals surface area contributed by atoms with Gasteiger partial charge in [-0.2, -0.15) is 0 Å². The Morgan fingerprint density at radius 3 is 2.56 bits per heavy atom. The molecule has 4 nitrogen and oxygen atoms in total. The first-order valence-electron chi connectivity index (χ1n) is 5.59. The molecule has 0 radical (unpaired) electrons. The van der Waals surface area contributed by atoms with Crippen LogP contribution in [0.3, 0.4) is 0 Å². The predicted molar refractivity (Wildman–Crippen MR) is 65.2 cm³/mol. The van der Waals surface area contributed by atoms with Crippen molar-refractivity contribution in [3.63, 3.8) is 0 Å². The van der Waals surface area contributed by atoms with Gasteiger partial charge in [0.05, 0.1) is 0 Å². The summed E-state index contributed by atoms with van der Waals surface area (Å²) in [5.74, 6) is 0.